The van der Waals surface area contributed by atoms with Gasteiger partial charge in [-0.3, -0.25) is 4.79 Å². The van der Waals surface area contributed by atoms with Gasteiger partial charge in [-0.2, -0.15) is 0 Å². The molecule has 0 bridgehead atoms. The number of carbonyl (C=O) groups is 1. The summed E-state index contributed by atoms with van der Waals surface area (Å²) in [6, 6.07) is 2.88. The van der Waals surface area contributed by atoms with Crippen LogP contribution in [0.5, 0.6) is 0 Å². The third kappa shape index (κ3) is 3.07. The van der Waals surface area contributed by atoms with Crippen LogP contribution in [0.4, 0.5) is 8.78 Å². The van der Waals surface area contributed by atoms with Gasteiger partial charge in [-0.1, -0.05) is 28.8 Å². The number of amides is 1. The van der Waals surface area contributed by atoms with E-state index in [0.29, 0.717) is 0 Å². The Morgan fingerprint density at radius 2 is 2.00 bits per heavy atom. The Morgan fingerprint density at radius 1 is 1.28 bits per heavy atom. The van der Waals surface area contributed by atoms with Crippen molar-refractivity contribution in [2.75, 3.05) is 0 Å². The normalized spacial score (nSPS) is 23.7. The molecule has 1 aliphatic carbocycles. The van der Waals surface area contributed by atoms with Crippen molar-refractivity contribution in [3.63, 3.8) is 0 Å². The van der Waals surface area contributed by atoms with Crippen LogP contribution in [-0.4, -0.2) is 16.8 Å². The molecule has 0 heterocycles. The molecule has 1 amide bonds. The summed E-state index contributed by atoms with van der Waals surface area (Å²) < 4.78 is 26.4. The number of nitrogens with one attached hydrogen (secondary N) is 1. The van der Waals surface area contributed by atoms with Gasteiger partial charge >= 0.3 is 0 Å². The first-order chi connectivity index (χ1) is 8.58. The SMILES string of the molecule is O=C(NC1CCCCC1Br)c1cc(F)ccc1F. The second-order valence-electron chi connectivity index (χ2n) is 4.50. The summed E-state index contributed by atoms with van der Waals surface area (Å²) in [6.45, 7) is 0. The van der Waals surface area contributed by atoms with Crippen molar-refractivity contribution in [3.05, 3.63) is 35.4 Å². The second kappa shape index (κ2) is 5.78. The van der Waals surface area contributed by atoms with Crippen LogP contribution >= 0.6 is 15.9 Å². The molecule has 1 fully saturated rings. The molecule has 2 nitrogen and oxygen atoms in total. The van der Waals surface area contributed by atoms with Gasteiger partial charge in [0.05, 0.1) is 5.56 Å². The number of rotatable bonds is 2. The fourth-order valence-electron chi connectivity index (χ4n) is 2.17. The van der Waals surface area contributed by atoms with E-state index in [1.807, 2.05) is 0 Å². The van der Waals surface area contributed by atoms with E-state index >= 15 is 0 Å². The molecule has 1 N–H and O–H groups in total. The highest BCUT2D eigenvalue weighted by molar-refractivity contribution is 9.09. The van der Waals surface area contributed by atoms with Crippen LogP contribution in [0.15, 0.2) is 18.2 Å². The third-order valence-corrected chi connectivity index (χ3v) is 4.27. The Labute approximate surface area is 113 Å². The maximum absolute atomic E-state index is 13.4. The molecule has 1 saturated carbocycles. The number of halogens is 3. The zero-order valence-corrected chi connectivity index (χ0v) is 11.3. The lowest BCUT2D eigenvalue weighted by Crippen LogP contribution is -2.42. The molecule has 2 rings (SSSR count). The van der Waals surface area contributed by atoms with E-state index < -0.39 is 17.5 Å². The number of carbonyl (C=O) groups excluding carboxylic acids is 1. The maximum atomic E-state index is 13.4. The summed E-state index contributed by atoms with van der Waals surface area (Å²) in [5.41, 5.74) is -0.236. The van der Waals surface area contributed by atoms with Gasteiger partial charge in [-0.25, -0.2) is 8.78 Å². The smallest absolute Gasteiger partial charge is 0.254 e. The maximum Gasteiger partial charge on any atom is 0.254 e. The van der Waals surface area contributed by atoms with Crippen molar-refractivity contribution >= 4 is 21.8 Å². The lowest BCUT2D eigenvalue weighted by molar-refractivity contribution is 0.0925. The Bertz CT molecular complexity index is 453. The van der Waals surface area contributed by atoms with Gasteiger partial charge in [0.25, 0.3) is 5.91 Å². The molecule has 2 unspecified atom stereocenters. The van der Waals surface area contributed by atoms with Gasteiger partial charge in [0.15, 0.2) is 0 Å². The van der Waals surface area contributed by atoms with Gasteiger partial charge in [0, 0.05) is 10.9 Å². The van der Waals surface area contributed by atoms with Gasteiger partial charge in [-0.15, -0.1) is 0 Å². The Morgan fingerprint density at radius 3 is 2.72 bits per heavy atom. The minimum absolute atomic E-state index is 0.0195. The molecule has 2 atom stereocenters. The van der Waals surface area contributed by atoms with E-state index in [2.05, 4.69) is 21.2 Å². The Hall–Kier alpha value is -0.970. The summed E-state index contributed by atoms with van der Waals surface area (Å²) in [5, 5.41) is 2.76. The topological polar surface area (TPSA) is 29.1 Å². The van der Waals surface area contributed by atoms with E-state index in [1.54, 1.807) is 0 Å². The number of hydrogen-bond acceptors (Lipinski definition) is 1. The minimum Gasteiger partial charge on any atom is -0.348 e. The summed E-state index contributed by atoms with van der Waals surface area (Å²) in [4.78, 5) is 12.1. The van der Waals surface area contributed by atoms with Crippen LogP contribution in [-0.2, 0) is 0 Å². The molecule has 18 heavy (non-hydrogen) atoms. The molecular formula is C13H14BrF2NO. The predicted octanol–water partition coefficient (Wildman–Crippen LogP) is 3.40. The van der Waals surface area contributed by atoms with Crippen LogP contribution < -0.4 is 5.32 Å². The Kier molecular flexibility index (Phi) is 4.32. The lowest BCUT2D eigenvalue weighted by Gasteiger charge is -2.28. The first-order valence-corrected chi connectivity index (χ1v) is 6.89. The molecule has 0 radical (unpaired) electrons. The highest BCUT2D eigenvalue weighted by Crippen LogP contribution is 2.25. The highest BCUT2D eigenvalue weighted by Gasteiger charge is 2.25. The summed E-state index contributed by atoms with van der Waals surface area (Å²) in [6.07, 6.45) is 4.00. The van der Waals surface area contributed by atoms with Crippen molar-refractivity contribution in [1.82, 2.24) is 5.32 Å². The van der Waals surface area contributed by atoms with E-state index in [0.717, 1.165) is 43.9 Å². The average molecular weight is 318 g/mol. The Balaban J connectivity index is 2.09. The highest BCUT2D eigenvalue weighted by atomic mass is 79.9. The molecule has 0 spiro atoms. The van der Waals surface area contributed by atoms with Crippen molar-refractivity contribution in [3.8, 4) is 0 Å². The monoisotopic (exact) mass is 317 g/mol. The summed E-state index contributed by atoms with van der Waals surface area (Å²) in [5.74, 6) is -1.86. The van der Waals surface area contributed by atoms with Crippen LogP contribution in [0.1, 0.15) is 36.0 Å². The first kappa shape index (κ1) is 13.5. The van der Waals surface area contributed by atoms with Crippen LogP contribution in [0.3, 0.4) is 0 Å². The van der Waals surface area contributed by atoms with E-state index in [-0.39, 0.29) is 16.4 Å². The van der Waals surface area contributed by atoms with E-state index in [1.165, 1.54) is 0 Å². The van der Waals surface area contributed by atoms with Crippen molar-refractivity contribution in [2.24, 2.45) is 0 Å². The lowest BCUT2D eigenvalue weighted by atomic mass is 9.95. The van der Waals surface area contributed by atoms with Crippen LogP contribution in [0.25, 0.3) is 0 Å². The van der Waals surface area contributed by atoms with Crippen LogP contribution in [0.2, 0.25) is 0 Å². The van der Waals surface area contributed by atoms with Gasteiger partial charge in [-0.05, 0) is 31.0 Å². The first-order valence-electron chi connectivity index (χ1n) is 5.98. The quantitative estimate of drug-likeness (QED) is 0.832. The van der Waals surface area contributed by atoms with E-state index in [4.69, 9.17) is 0 Å². The number of benzene rings is 1. The van der Waals surface area contributed by atoms with Crippen LogP contribution in [0, 0.1) is 11.6 Å². The zero-order chi connectivity index (χ0) is 13.1. The third-order valence-electron chi connectivity index (χ3n) is 3.17. The largest absolute Gasteiger partial charge is 0.348 e. The number of hydrogen-bond donors (Lipinski definition) is 1. The molecule has 1 aromatic carbocycles. The predicted molar refractivity (Wildman–Crippen MR) is 68.8 cm³/mol. The summed E-state index contributed by atoms with van der Waals surface area (Å²) in [7, 11) is 0. The molecule has 0 aliphatic heterocycles. The fraction of sp³-hybridized carbons (Fsp3) is 0.462. The number of alkyl halides is 1. The fourth-order valence-corrected chi connectivity index (χ4v) is 2.89. The minimum atomic E-state index is -0.698. The van der Waals surface area contributed by atoms with E-state index in [9.17, 15) is 13.6 Å². The molecule has 5 heteroatoms. The van der Waals surface area contributed by atoms with Gasteiger partial charge in [0.1, 0.15) is 11.6 Å². The van der Waals surface area contributed by atoms with Crippen molar-refractivity contribution < 1.29 is 13.6 Å². The second-order valence-corrected chi connectivity index (χ2v) is 5.68. The van der Waals surface area contributed by atoms with Crippen molar-refractivity contribution in [1.29, 1.82) is 0 Å². The molecule has 0 saturated heterocycles. The molecule has 98 valence electrons. The van der Waals surface area contributed by atoms with Gasteiger partial charge in [0.2, 0.25) is 0 Å². The average Bonchev–Trinajstić information content (AvgIpc) is 2.35. The standard InChI is InChI=1S/C13H14BrF2NO/c14-10-3-1-2-4-12(10)17-13(18)9-7-8(15)5-6-11(9)16/h5-7,10,12H,1-4H2,(H,17,18). The zero-order valence-electron chi connectivity index (χ0n) is 9.76. The van der Waals surface area contributed by atoms with Crippen molar-refractivity contribution in [2.45, 2.75) is 36.6 Å². The molecule has 0 aromatic heterocycles. The summed E-state index contributed by atoms with van der Waals surface area (Å²) >= 11 is 3.51. The van der Waals surface area contributed by atoms with Gasteiger partial charge < -0.3 is 5.32 Å². The molecular weight excluding hydrogens is 304 g/mol. The molecule has 1 aliphatic rings. The molecule has 1 aromatic rings.